The summed E-state index contributed by atoms with van der Waals surface area (Å²) < 4.78 is 19.1. The molecular formula is C22H22FNO3. The van der Waals surface area contributed by atoms with E-state index in [4.69, 9.17) is 4.74 Å². The molecule has 1 heterocycles. The highest BCUT2D eigenvalue weighted by molar-refractivity contribution is 5.91. The Morgan fingerprint density at radius 2 is 1.63 bits per heavy atom. The van der Waals surface area contributed by atoms with Gasteiger partial charge in [-0.15, -0.1) is 0 Å². The molecule has 4 nitrogen and oxygen atoms in total. The molecule has 0 radical (unpaired) electrons. The van der Waals surface area contributed by atoms with Gasteiger partial charge in [0.1, 0.15) is 5.82 Å². The first-order valence-electron chi connectivity index (χ1n) is 9.12. The number of hydrogen-bond acceptors (Lipinski definition) is 3. The van der Waals surface area contributed by atoms with Crippen molar-refractivity contribution in [2.24, 2.45) is 0 Å². The summed E-state index contributed by atoms with van der Waals surface area (Å²) in [5.41, 5.74) is 0.911. The van der Waals surface area contributed by atoms with Crippen LogP contribution in [0.5, 0.6) is 0 Å². The van der Waals surface area contributed by atoms with Crippen LogP contribution in [-0.4, -0.2) is 29.9 Å². The number of nitrogens with zero attached hydrogens (tertiary/aromatic N) is 1. The van der Waals surface area contributed by atoms with E-state index in [0.29, 0.717) is 18.7 Å². The third-order valence-electron chi connectivity index (χ3n) is 4.53. The van der Waals surface area contributed by atoms with Gasteiger partial charge in [0, 0.05) is 30.3 Å². The number of piperidine rings is 1. The highest BCUT2D eigenvalue weighted by atomic mass is 19.1. The number of ether oxygens (including phenoxy) is 1. The second-order valence-electron chi connectivity index (χ2n) is 6.47. The Hall–Kier alpha value is -2.95. The van der Waals surface area contributed by atoms with Crippen LogP contribution in [0, 0.1) is 5.82 Å². The zero-order valence-electron chi connectivity index (χ0n) is 15.0. The van der Waals surface area contributed by atoms with Crippen LogP contribution in [0.3, 0.4) is 0 Å². The minimum Gasteiger partial charge on any atom is -0.444 e. The van der Waals surface area contributed by atoms with Gasteiger partial charge in [0.25, 0.3) is 5.91 Å². The highest BCUT2D eigenvalue weighted by Crippen LogP contribution is 2.23. The van der Waals surface area contributed by atoms with Crippen molar-refractivity contribution >= 4 is 18.0 Å². The van der Waals surface area contributed by atoms with Crippen LogP contribution in [-0.2, 0) is 14.3 Å². The van der Waals surface area contributed by atoms with E-state index in [1.54, 1.807) is 47.4 Å². The van der Waals surface area contributed by atoms with Crippen molar-refractivity contribution in [1.82, 2.24) is 4.90 Å². The van der Waals surface area contributed by atoms with Gasteiger partial charge in [0.15, 0.2) is 0 Å². The molecule has 1 aliphatic heterocycles. The van der Waals surface area contributed by atoms with E-state index in [-0.39, 0.29) is 11.5 Å². The van der Waals surface area contributed by atoms with Crippen molar-refractivity contribution in [2.75, 3.05) is 13.1 Å². The van der Waals surface area contributed by atoms with E-state index >= 15 is 0 Å². The van der Waals surface area contributed by atoms with E-state index in [2.05, 4.69) is 0 Å². The second-order valence-corrected chi connectivity index (χ2v) is 6.47. The Morgan fingerprint density at radius 1 is 0.963 bits per heavy atom. The van der Waals surface area contributed by atoms with E-state index in [1.165, 1.54) is 12.1 Å². The molecule has 0 aliphatic carbocycles. The molecule has 0 unspecified atom stereocenters. The lowest BCUT2D eigenvalue weighted by Gasteiger charge is -2.30. The summed E-state index contributed by atoms with van der Waals surface area (Å²) in [7, 11) is 0. The predicted octanol–water partition coefficient (Wildman–Crippen LogP) is 4.14. The minimum atomic E-state index is -0.998. The van der Waals surface area contributed by atoms with Gasteiger partial charge in [-0.1, -0.05) is 48.5 Å². The number of halogens is 1. The van der Waals surface area contributed by atoms with Crippen LogP contribution in [0.25, 0.3) is 6.08 Å². The Labute approximate surface area is 158 Å². The molecule has 0 saturated carbocycles. The number of rotatable bonds is 5. The third-order valence-corrected chi connectivity index (χ3v) is 4.53. The number of amides is 1. The molecule has 2 aromatic rings. The lowest BCUT2D eigenvalue weighted by molar-refractivity contribution is -0.157. The minimum absolute atomic E-state index is 0.214. The fourth-order valence-corrected chi connectivity index (χ4v) is 3.09. The quantitative estimate of drug-likeness (QED) is 0.589. The largest absolute Gasteiger partial charge is 0.444 e. The molecular weight excluding hydrogens is 345 g/mol. The van der Waals surface area contributed by atoms with Crippen molar-refractivity contribution in [3.8, 4) is 0 Å². The van der Waals surface area contributed by atoms with Gasteiger partial charge in [-0.05, 0) is 31.4 Å². The number of benzene rings is 2. The number of carbonyl (C=O) groups is 2. The molecule has 1 saturated heterocycles. The molecule has 3 rings (SSSR count). The van der Waals surface area contributed by atoms with Crippen LogP contribution in [0.2, 0.25) is 0 Å². The van der Waals surface area contributed by atoms with E-state index in [0.717, 1.165) is 25.3 Å². The summed E-state index contributed by atoms with van der Waals surface area (Å²) in [6.45, 7) is 1.34. The maximum atomic E-state index is 13.7. The lowest BCUT2D eigenvalue weighted by Crippen LogP contribution is -2.40. The van der Waals surface area contributed by atoms with Gasteiger partial charge < -0.3 is 9.64 Å². The SMILES string of the molecule is O=C(/C=C/c1ccccc1F)O[C@H](C(=O)N1CCCCC1)c1ccccc1. The molecule has 0 aromatic heterocycles. The van der Waals surface area contributed by atoms with Crippen LogP contribution in [0.15, 0.2) is 60.7 Å². The zero-order chi connectivity index (χ0) is 19.1. The molecule has 0 bridgehead atoms. The molecule has 1 aliphatic rings. The lowest BCUT2D eigenvalue weighted by atomic mass is 10.1. The van der Waals surface area contributed by atoms with Crippen molar-refractivity contribution in [3.63, 3.8) is 0 Å². The van der Waals surface area contributed by atoms with Gasteiger partial charge >= 0.3 is 5.97 Å². The first kappa shape index (κ1) is 18.8. The Kier molecular flexibility index (Phi) is 6.36. The van der Waals surface area contributed by atoms with Crippen molar-refractivity contribution in [2.45, 2.75) is 25.4 Å². The average Bonchev–Trinajstić information content (AvgIpc) is 2.72. The number of hydrogen-bond donors (Lipinski definition) is 0. The maximum absolute atomic E-state index is 13.7. The smallest absolute Gasteiger partial charge is 0.331 e. The molecule has 5 heteroatoms. The summed E-state index contributed by atoms with van der Waals surface area (Å²) in [6, 6.07) is 15.1. The molecule has 1 fully saturated rings. The first-order valence-corrected chi connectivity index (χ1v) is 9.12. The summed E-state index contributed by atoms with van der Waals surface area (Å²) in [6.07, 6.45) is 4.51. The van der Waals surface area contributed by atoms with Gasteiger partial charge in [0.2, 0.25) is 6.10 Å². The summed E-state index contributed by atoms with van der Waals surface area (Å²) >= 11 is 0. The second kappa shape index (κ2) is 9.12. The maximum Gasteiger partial charge on any atom is 0.331 e. The van der Waals surface area contributed by atoms with Crippen LogP contribution in [0.1, 0.15) is 36.5 Å². The number of likely N-dealkylation sites (tertiary alicyclic amines) is 1. The molecule has 0 spiro atoms. The standard InChI is InChI=1S/C22H22FNO3/c23-19-12-6-5-9-17(19)13-14-20(25)27-21(18-10-3-1-4-11-18)22(26)24-15-7-2-8-16-24/h1,3-6,9-14,21H,2,7-8,15-16H2/b14-13+/t21-/m0/s1. The van der Waals surface area contributed by atoms with E-state index < -0.39 is 17.9 Å². The van der Waals surface area contributed by atoms with Gasteiger partial charge in [-0.3, -0.25) is 4.79 Å². The Morgan fingerprint density at radius 3 is 2.33 bits per heavy atom. The zero-order valence-corrected chi connectivity index (χ0v) is 15.0. The molecule has 1 atom stereocenters. The van der Waals surface area contributed by atoms with Gasteiger partial charge in [-0.2, -0.15) is 0 Å². The van der Waals surface area contributed by atoms with Crippen LogP contribution >= 0.6 is 0 Å². The Balaban J connectivity index is 1.75. The summed E-state index contributed by atoms with van der Waals surface area (Å²) in [5, 5.41) is 0. The first-order chi connectivity index (χ1) is 13.1. The molecule has 1 amide bonds. The predicted molar refractivity (Wildman–Crippen MR) is 101 cm³/mol. The van der Waals surface area contributed by atoms with E-state index in [9.17, 15) is 14.0 Å². The van der Waals surface area contributed by atoms with Crippen LogP contribution in [0.4, 0.5) is 4.39 Å². The highest BCUT2D eigenvalue weighted by Gasteiger charge is 2.29. The molecule has 2 aromatic carbocycles. The van der Waals surface area contributed by atoms with E-state index in [1.807, 2.05) is 6.07 Å². The molecule has 140 valence electrons. The van der Waals surface area contributed by atoms with Gasteiger partial charge in [-0.25, -0.2) is 9.18 Å². The molecule has 27 heavy (non-hydrogen) atoms. The molecule has 0 N–H and O–H groups in total. The monoisotopic (exact) mass is 367 g/mol. The van der Waals surface area contributed by atoms with Gasteiger partial charge in [0.05, 0.1) is 0 Å². The number of esters is 1. The number of carbonyl (C=O) groups excluding carboxylic acids is 2. The fraction of sp³-hybridized carbons (Fsp3) is 0.273. The van der Waals surface area contributed by atoms with Crippen molar-refractivity contribution in [1.29, 1.82) is 0 Å². The normalized spacial score (nSPS) is 15.5. The third kappa shape index (κ3) is 5.03. The fourth-order valence-electron chi connectivity index (χ4n) is 3.09. The van der Waals surface area contributed by atoms with Crippen molar-refractivity contribution < 1.29 is 18.7 Å². The summed E-state index contributed by atoms with van der Waals surface area (Å²) in [5.74, 6) is -1.32. The topological polar surface area (TPSA) is 46.6 Å². The summed E-state index contributed by atoms with van der Waals surface area (Å²) in [4.78, 5) is 27.0. The Bertz CT molecular complexity index is 813. The van der Waals surface area contributed by atoms with Crippen LogP contribution < -0.4 is 0 Å². The average molecular weight is 367 g/mol. The van der Waals surface area contributed by atoms with Crippen molar-refractivity contribution in [3.05, 3.63) is 77.6 Å².